The van der Waals surface area contributed by atoms with Crippen LogP contribution < -0.4 is 10.6 Å². The molecule has 0 heterocycles. The number of amides is 2. The fourth-order valence-electron chi connectivity index (χ4n) is 2.13. The van der Waals surface area contributed by atoms with Gasteiger partial charge in [0.25, 0.3) is 0 Å². The Morgan fingerprint density at radius 1 is 1.08 bits per heavy atom. The predicted molar refractivity (Wildman–Crippen MR) is 89.3 cm³/mol. The summed E-state index contributed by atoms with van der Waals surface area (Å²) in [6.07, 6.45) is 0. The average Bonchev–Trinajstić information content (AvgIpc) is 2.58. The van der Waals surface area contributed by atoms with Crippen molar-refractivity contribution in [3.05, 3.63) is 65.2 Å². The summed E-state index contributed by atoms with van der Waals surface area (Å²) in [6.45, 7) is 3.64. The Hall–Kier alpha value is -2.96. The lowest BCUT2D eigenvalue weighted by atomic mass is 10.1. The zero-order valence-electron chi connectivity index (χ0n) is 13.8. The SMILES string of the molecule is CCOC(=O)c1ccc(NC(=O)NC(C)c2ccc(F)c(F)c2)cc1. The minimum atomic E-state index is -0.971. The van der Waals surface area contributed by atoms with Crippen molar-refractivity contribution in [2.45, 2.75) is 19.9 Å². The van der Waals surface area contributed by atoms with Crippen molar-refractivity contribution in [1.82, 2.24) is 5.32 Å². The molecule has 0 aliphatic rings. The van der Waals surface area contributed by atoms with Crippen molar-refractivity contribution in [3.8, 4) is 0 Å². The Labute approximate surface area is 144 Å². The Bertz CT molecular complexity index is 763. The molecular formula is C18H18F2N2O3. The first-order chi connectivity index (χ1) is 11.9. The van der Waals surface area contributed by atoms with Gasteiger partial charge >= 0.3 is 12.0 Å². The van der Waals surface area contributed by atoms with Crippen LogP contribution in [-0.2, 0) is 4.74 Å². The number of nitrogens with one attached hydrogen (secondary N) is 2. The van der Waals surface area contributed by atoms with E-state index < -0.39 is 29.7 Å². The quantitative estimate of drug-likeness (QED) is 0.802. The molecule has 2 rings (SSSR count). The summed E-state index contributed by atoms with van der Waals surface area (Å²) in [5.41, 5.74) is 1.29. The molecule has 2 aromatic carbocycles. The second-order valence-corrected chi connectivity index (χ2v) is 5.29. The molecule has 1 atom stereocenters. The summed E-state index contributed by atoms with van der Waals surface area (Å²) in [6, 6.07) is 8.61. The number of carbonyl (C=O) groups is 2. The van der Waals surface area contributed by atoms with Crippen LogP contribution in [0.5, 0.6) is 0 Å². The Kier molecular flexibility index (Phi) is 6.05. The molecule has 0 spiro atoms. The standard InChI is InChI=1S/C18H18F2N2O3/c1-3-25-17(23)12-4-7-14(8-5-12)22-18(24)21-11(2)13-6-9-15(19)16(20)10-13/h4-11H,3H2,1-2H3,(H2,21,22,24). The second-order valence-electron chi connectivity index (χ2n) is 5.29. The van der Waals surface area contributed by atoms with Crippen LogP contribution in [0, 0.1) is 11.6 Å². The van der Waals surface area contributed by atoms with E-state index >= 15 is 0 Å². The molecule has 0 bridgehead atoms. The van der Waals surface area contributed by atoms with Crippen LogP contribution in [0.4, 0.5) is 19.3 Å². The van der Waals surface area contributed by atoms with Gasteiger partial charge in [0.15, 0.2) is 11.6 Å². The molecule has 132 valence electrons. The fourth-order valence-corrected chi connectivity index (χ4v) is 2.13. The molecule has 0 aliphatic carbocycles. The van der Waals surface area contributed by atoms with E-state index in [9.17, 15) is 18.4 Å². The van der Waals surface area contributed by atoms with Gasteiger partial charge in [0.2, 0.25) is 0 Å². The van der Waals surface area contributed by atoms with Gasteiger partial charge in [0, 0.05) is 5.69 Å². The Balaban J connectivity index is 1.95. The van der Waals surface area contributed by atoms with Gasteiger partial charge in [0.05, 0.1) is 18.2 Å². The molecule has 2 N–H and O–H groups in total. The third kappa shape index (κ3) is 5.00. The maximum Gasteiger partial charge on any atom is 0.338 e. The van der Waals surface area contributed by atoms with Crippen molar-refractivity contribution in [2.24, 2.45) is 0 Å². The maximum atomic E-state index is 13.2. The van der Waals surface area contributed by atoms with Gasteiger partial charge in [-0.1, -0.05) is 6.07 Å². The number of hydrogen-bond donors (Lipinski definition) is 2. The van der Waals surface area contributed by atoms with Crippen molar-refractivity contribution in [2.75, 3.05) is 11.9 Å². The molecule has 0 saturated heterocycles. The summed E-state index contributed by atoms with van der Waals surface area (Å²) < 4.78 is 31.1. The van der Waals surface area contributed by atoms with E-state index in [1.54, 1.807) is 26.0 Å². The first kappa shape index (κ1) is 18.4. The molecule has 5 nitrogen and oxygen atoms in total. The van der Waals surface area contributed by atoms with Gasteiger partial charge in [0.1, 0.15) is 0 Å². The van der Waals surface area contributed by atoms with E-state index in [1.165, 1.54) is 18.2 Å². The minimum absolute atomic E-state index is 0.281. The second kappa shape index (κ2) is 8.23. The lowest BCUT2D eigenvalue weighted by Gasteiger charge is -2.15. The summed E-state index contributed by atoms with van der Waals surface area (Å²) in [5.74, 6) is -2.35. The largest absolute Gasteiger partial charge is 0.462 e. The summed E-state index contributed by atoms with van der Waals surface area (Å²) in [4.78, 5) is 23.5. The average molecular weight is 348 g/mol. The van der Waals surface area contributed by atoms with Crippen molar-refractivity contribution in [3.63, 3.8) is 0 Å². The molecule has 0 aliphatic heterocycles. The molecular weight excluding hydrogens is 330 g/mol. The van der Waals surface area contributed by atoms with Gasteiger partial charge in [-0.3, -0.25) is 0 Å². The van der Waals surface area contributed by atoms with E-state index in [2.05, 4.69) is 10.6 Å². The first-order valence-electron chi connectivity index (χ1n) is 7.70. The summed E-state index contributed by atoms with van der Waals surface area (Å²) in [5, 5.41) is 5.21. The zero-order chi connectivity index (χ0) is 18.4. The van der Waals surface area contributed by atoms with Gasteiger partial charge in [-0.05, 0) is 55.8 Å². The van der Waals surface area contributed by atoms with Crippen LogP contribution >= 0.6 is 0 Å². The van der Waals surface area contributed by atoms with Crippen molar-refractivity contribution in [1.29, 1.82) is 0 Å². The zero-order valence-corrected chi connectivity index (χ0v) is 13.8. The molecule has 0 aromatic heterocycles. The number of esters is 1. The number of halogens is 2. The van der Waals surface area contributed by atoms with E-state index in [0.717, 1.165) is 12.1 Å². The number of benzene rings is 2. The molecule has 7 heteroatoms. The van der Waals surface area contributed by atoms with E-state index in [-0.39, 0.29) is 6.61 Å². The van der Waals surface area contributed by atoms with Crippen LogP contribution in [0.25, 0.3) is 0 Å². The molecule has 2 aromatic rings. The lowest BCUT2D eigenvalue weighted by Crippen LogP contribution is -2.31. The number of urea groups is 1. The van der Waals surface area contributed by atoms with Crippen LogP contribution in [0.3, 0.4) is 0 Å². The molecule has 0 saturated carbocycles. The summed E-state index contributed by atoms with van der Waals surface area (Å²) in [7, 11) is 0. The topological polar surface area (TPSA) is 67.4 Å². The van der Waals surface area contributed by atoms with Gasteiger partial charge < -0.3 is 15.4 Å². The van der Waals surface area contributed by atoms with Gasteiger partial charge in [-0.15, -0.1) is 0 Å². The molecule has 0 radical (unpaired) electrons. The van der Waals surface area contributed by atoms with E-state index in [1.807, 2.05) is 0 Å². The number of hydrogen-bond acceptors (Lipinski definition) is 3. The van der Waals surface area contributed by atoms with Crippen molar-refractivity contribution < 1.29 is 23.1 Å². The van der Waals surface area contributed by atoms with Crippen LogP contribution in [0.15, 0.2) is 42.5 Å². The predicted octanol–water partition coefficient (Wildman–Crippen LogP) is 4.02. The van der Waals surface area contributed by atoms with Crippen molar-refractivity contribution >= 4 is 17.7 Å². The lowest BCUT2D eigenvalue weighted by molar-refractivity contribution is 0.0526. The summed E-state index contributed by atoms with van der Waals surface area (Å²) >= 11 is 0. The smallest absolute Gasteiger partial charge is 0.338 e. The molecule has 2 amide bonds. The van der Waals surface area contributed by atoms with Gasteiger partial charge in [-0.2, -0.15) is 0 Å². The number of rotatable bonds is 5. The normalized spacial score (nSPS) is 11.5. The minimum Gasteiger partial charge on any atom is -0.462 e. The first-order valence-corrected chi connectivity index (χ1v) is 7.70. The number of anilines is 1. The highest BCUT2D eigenvalue weighted by molar-refractivity contribution is 5.92. The third-order valence-electron chi connectivity index (χ3n) is 3.45. The van der Waals surface area contributed by atoms with Gasteiger partial charge in [-0.25, -0.2) is 18.4 Å². The van der Waals surface area contributed by atoms with E-state index in [4.69, 9.17) is 4.74 Å². The fraction of sp³-hybridized carbons (Fsp3) is 0.222. The molecule has 0 fully saturated rings. The van der Waals surface area contributed by atoms with Crippen LogP contribution in [0.1, 0.15) is 35.8 Å². The molecule has 25 heavy (non-hydrogen) atoms. The van der Waals surface area contributed by atoms with Crippen LogP contribution in [0.2, 0.25) is 0 Å². The van der Waals surface area contributed by atoms with Crippen LogP contribution in [-0.4, -0.2) is 18.6 Å². The molecule has 1 unspecified atom stereocenters. The highest BCUT2D eigenvalue weighted by Crippen LogP contribution is 2.16. The Morgan fingerprint density at radius 3 is 2.36 bits per heavy atom. The Morgan fingerprint density at radius 2 is 1.76 bits per heavy atom. The third-order valence-corrected chi connectivity index (χ3v) is 3.45. The van der Waals surface area contributed by atoms with E-state index in [0.29, 0.717) is 16.8 Å². The number of carbonyl (C=O) groups excluding carboxylic acids is 2. The maximum absolute atomic E-state index is 13.2. The monoisotopic (exact) mass is 348 g/mol. The number of ether oxygens (including phenoxy) is 1. The highest BCUT2D eigenvalue weighted by Gasteiger charge is 2.12. The highest BCUT2D eigenvalue weighted by atomic mass is 19.2.